The summed E-state index contributed by atoms with van der Waals surface area (Å²) in [5.41, 5.74) is 1.46. The van der Waals surface area contributed by atoms with Gasteiger partial charge in [-0.1, -0.05) is 6.07 Å². The van der Waals surface area contributed by atoms with E-state index in [0.29, 0.717) is 18.1 Å². The number of rotatable bonds is 5. The van der Waals surface area contributed by atoms with Crippen LogP contribution in [0.2, 0.25) is 0 Å². The summed E-state index contributed by atoms with van der Waals surface area (Å²) in [6, 6.07) is 9.08. The molecule has 2 aromatic rings. The van der Waals surface area contributed by atoms with Crippen LogP contribution >= 0.6 is 0 Å². The third-order valence-electron chi connectivity index (χ3n) is 2.98. The summed E-state index contributed by atoms with van der Waals surface area (Å²) in [5, 5.41) is 3.16. The third-order valence-corrected chi connectivity index (χ3v) is 3.58. The van der Waals surface area contributed by atoms with Gasteiger partial charge in [0.1, 0.15) is 5.82 Å². The van der Waals surface area contributed by atoms with Crippen molar-refractivity contribution in [2.45, 2.75) is 6.54 Å². The Hall–Kier alpha value is -2.48. The number of hydrogen-bond acceptors (Lipinski definition) is 6. The molecule has 0 spiro atoms. The van der Waals surface area contributed by atoms with Gasteiger partial charge >= 0.3 is 0 Å². The predicted molar refractivity (Wildman–Crippen MR) is 82.6 cm³/mol. The lowest BCUT2D eigenvalue weighted by atomic mass is 10.2. The minimum atomic E-state index is -3.29. The molecule has 2 heterocycles. The Balaban J connectivity index is 1.62. The molecule has 0 amide bonds. The lowest BCUT2D eigenvalue weighted by molar-refractivity contribution is 0.174. The lowest BCUT2D eigenvalue weighted by Crippen LogP contribution is -2.10. The van der Waals surface area contributed by atoms with Crippen LogP contribution in [0.15, 0.2) is 36.5 Å². The first-order valence-electron chi connectivity index (χ1n) is 6.56. The number of benzene rings is 1. The highest BCUT2D eigenvalue weighted by Crippen LogP contribution is 2.32. The van der Waals surface area contributed by atoms with Crippen LogP contribution in [0.3, 0.4) is 0 Å². The quantitative estimate of drug-likeness (QED) is 0.873. The second kappa shape index (κ2) is 5.72. The summed E-state index contributed by atoms with van der Waals surface area (Å²) >= 11 is 0. The molecule has 0 radical (unpaired) electrons. The van der Waals surface area contributed by atoms with Gasteiger partial charge in [-0.05, 0) is 29.8 Å². The van der Waals surface area contributed by atoms with Crippen LogP contribution in [0.5, 0.6) is 11.5 Å². The Bertz CT molecular complexity index is 775. The molecule has 0 fully saturated rings. The second-order valence-corrected chi connectivity index (χ2v) is 6.60. The molecule has 0 atom stereocenters. The molecule has 0 saturated carbocycles. The molecule has 1 aliphatic rings. The molecular formula is C14H15N3O4S. The van der Waals surface area contributed by atoms with Crippen LogP contribution in [0.25, 0.3) is 0 Å². The molecule has 0 aliphatic carbocycles. The van der Waals surface area contributed by atoms with E-state index in [-0.39, 0.29) is 6.79 Å². The highest BCUT2D eigenvalue weighted by atomic mass is 32.2. The van der Waals surface area contributed by atoms with E-state index in [1.807, 2.05) is 18.2 Å². The molecule has 22 heavy (non-hydrogen) atoms. The van der Waals surface area contributed by atoms with Gasteiger partial charge in [-0.2, -0.15) is 0 Å². The van der Waals surface area contributed by atoms with Crippen molar-refractivity contribution < 1.29 is 17.9 Å². The van der Waals surface area contributed by atoms with Crippen molar-refractivity contribution in [2.75, 3.05) is 23.1 Å². The zero-order valence-electron chi connectivity index (χ0n) is 11.9. The summed E-state index contributed by atoms with van der Waals surface area (Å²) in [4.78, 5) is 4.16. The molecule has 7 nitrogen and oxygen atoms in total. The van der Waals surface area contributed by atoms with Gasteiger partial charge in [0.15, 0.2) is 11.5 Å². The topological polar surface area (TPSA) is 89.6 Å². The number of nitrogens with zero attached hydrogens (tertiary/aromatic N) is 1. The van der Waals surface area contributed by atoms with Crippen molar-refractivity contribution in [1.29, 1.82) is 0 Å². The second-order valence-electron chi connectivity index (χ2n) is 4.85. The lowest BCUT2D eigenvalue weighted by Gasteiger charge is -2.08. The van der Waals surface area contributed by atoms with Gasteiger partial charge in [-0.15, -0.1) is 0 Å². The maximum absolute atomic E-state index is 11.1. The average molecular weight is 321 g/mol. The Morgan fingerprint density at radius 1 is 1.18 bits per heavy atom. The van der Waals surface area contributed by atoms with Crippen molar-refractivity contribution in [2.24, 2.45) is 0 Å². The van der Waals surface area contributed by atoms with Crippen molar-refractivity contribution >= 4 is 21.5 Å². The van der Waals surface area contributed by atoms with Crippen molar-refractivity contribution in [3.63, 3.8) is 0 Å². The molecule has 3 rings (SSSR count). The van der Waals surface area contributed by atoms with Gasteiger partial charge in [0.05, 0.1) is 18.1 Å². The van der Waals surface area contributed by atoms with E-state index >= 15 is 0 Å². The van der Waals surface area contributed by atoms with Gasteiger partial charge in [-0.3, -0.25) is 4.72 Å². The molecule has 2 N–H and O–H groups in total. The predicted octanol–water partition coefficient (Wildman–Crippen LogP) is 1.79. The first kappa shape index (κ1) is 14.5. The largest absolute Gasteiger partial charge is 0.454 e. The maximum Gasteiger partial charge on any atom is 0.231 e. The van der Waals surface area contributed by atoms with Crippen molar-refractivity contribution in [3.8, 4) is 11.5 Å². The number of hydrogen-bond donors (Lipinski definition) is 2. The summed E-state index contributed by atoms with van der Waals surface area (Å²) in [5.74, 6) is 2.13. The standard InChI is InChI=1S/C14H15N3O4S/c1-22(18,19)17-11-3-5-14(16-8-11)15-7-10-2-4-12-13(6-10)21-9-20-12/h2-6,8,17H,7,9H2,1H3,(H,15,16). The zero-order valence-corrected chi connectivity index (χ0v) is 12.7. The Labute approximate surface area is 128 Å². The van der Waals surface area contributed by atoms with E-state index in [1.54, 1.807) is 12.1 Å². The number of aromatic nitrogens is 1. The van der Waals surface area contributed by atoms with Crippen LogP contribution in [0.4, 0.5) is 11.5 Å². The molecule has 1 aromatic carbocycles. The van der Waals surface area contributed by atoms with Crippen molar-refractivity contribution in [3.05, 3.63) is 42.1 Å². The van der Waals surface area contributed by atoms with E-state index in [0.717, 1.165) is 23.3 Å². The molecule has 0 bridgehead atoms. The van der Waals surface area contributed by atoms with Crippen LogP contribution in [-0.2, 0) is 16.6 Å². The number of anilines is 2. The molecule has 8 heteroatoms. The normalized spacial score (nSPS) is 13.0. The van der Waals surface area contributed by atoms with Gasteiger partial charge in [0.25, 0.3) is 0 Å². The summed E-state index contributed by atoms with van der Waals surface area (Å²) in [7, 11) is -3.29. The fourth-order valence-corrected chi connectivity index (χ4v) is 2.57. The maximum atomic E-state index is 11.1. The summed E-state index contributed by atoms with van der Waals surface area (Å²) in [6.45, 7) is 0.824. The molecule has 116 valence electrons. The fourth-order valence-electron chi connectivity index (χ4n) is 2.02. The number of fused-ring (bicyclic) bond motifs is 1. The monoisotopic (exact) mass is 321 g/mol. The first-order chi connectivity index (χ1) is 10.5. The minimum Gasteiger partial charge on any atom is -0.454 e. The number of nitrogens with one attached hydrogen (secondary N) is 2. The highest BCUT2D eigenvalue weighted by molar-refractivity contribution is 7.92. The minimum absolute atomic E-state index is 0.253. The Morgan fingerprint density at radius 3 is 2.73 bits per heavy atom. The molecular weight excluding hydrogens is 306 g/mol. The van der Waals surface area contributed by atoms with E-state index < -0.39 is 10.0 Å². The van der Waals surface area contributed by atoms with Crippen LogP contribution < -0.4 is 19.5 Å². The highest BCUT2D eigenvalue weighted by Gasteiger charge is 2.13. The summed E-state index contributed by atoms with van der Waals surface area (Å²) in [6.07, 6.45) is 2.56. The van der Waals surface area contributed by atoms with Gasteiger partial charge in [0, 0.05) is 6.54 Å². The number of ether oxygens (including phenoxy) is 2. The van der Waals surface area contributed by atoms with Crippen LogP contribution in [0, 0.1) is 0 Å². The van der Waals surface area contributed by atoms with Crippen LogP contribution in [-0.4, -0.2) is 26.5 Å². The molecule has 1 aromatic heterocycles. The van der Waals surface area contributed by atoms with E-state index in [4.69, 9.17) is 9.47 Å². The molecule has 1 aliphatic heterocycles. The van der Waals surface area contributed by atoms with Gasteiger partial charge in [0.2, 0.25) is 16.8 Å². The average Bonchev–Trinajstić information content (AvgIpc) is 2.92. The van der Waals surface area contributed by atoms with E-state index in [9.17, 15) is 8.42 Å². The molecule has 0 saturated heterocycles. The summed E-state index contributed by atoms with van der Waals surface area (Å²) < 4.78 is 35.2. The molecule has 0 unspecified atom stereocenters. The SMILES string of the molecule is CS(=O)(=O)Nc1ccc(NCc2ccc3c(c2)OCO3)nc1. The Morgan fingerprint density at radius 2 is 2.00 bits per heavy atom. The van der Waals surface area contributed by atoms with Gasteiger partial charge < -0.3 is 14.8 Å². The smallest absolute Gasteiger partial charge is 0.231 e. The van der Waals surface area contributed by atoms with E-state index in [1.165, 1.54) is 6.20 Å². The van der Waals surface area contributed by atoms with Gasteiger partial charge in [-0.25, -0.2) is 13.4 Å². The first-order valence-corrected chi connectivity index (χ1v) is 8.45. The number of sulfonamides is 1. The number of pyridine rings is 1. The fraction of sp³-hybridized carbons (Fsp3) is 0.214. The van der Waals surface area contributed by atoms with Crippen LogP contribution in [0.1, 0.15) is 5.56 Å². The van der Waals surface area contributed by atoms with Crippen molar-refractivity contribution in [1.82, 2.24) is 4.98 Å². The zero-order chi connectivity index (χ0) is 15.6. The Kier molecular flexibility index (Phi) is 3.76. The van der Waals surface area contributed by atoms with E-state index in [2.05, 4.69) is 15.0 Å². The third kappa shape index (κ3) is 3.59.